The zero-order valence-electron chi connectivity index (χ0n) is 14.1. The predicted molar refractivity (Wildman–Crippen MR) is 94.0 cm³/mol. The normalized spacial score (nSPS) is 17.7. The Hall–Kier alpha value is -2.38. The van der Waals surface area contributed by atoms with Gasteiger partial charge in [0.2, 0.25) is 17.8 Å². The van der Waals surface area contributed by atoms with Gasteiger partial charge in [0.05, 0.1) is 0 Å². The summed E-state index contributed by atoms with van der Waals surface area (Å²) in [6.45, 7) is 6.17. The average molecular weight is 328 g/mol. The van der Waals surface area contributed by atoms with Crippen molar-refractivity contribution in [2.75, 3.05) is 41.3 Å². The number of anilines is 4. The molecule has 0 radical (unpaired) electrons. The van der Waals surface area contributed by atoms with Gasteiger partial charge < -0.3 is 15.1 Å². The zero-order chi connectivity index (χ0) is 16.4. The van der Waals surface area contributed by atoms with Crippen LogP contribution in [0.15, 0.2) is 6.07 Å². The van der Waals surface area contributed by atoms with Crippen LogP contribution in [0.25, 0.3) is 0 Å². The summed E-state index contributed by atoms with van der Waals surface area (Å²) in [5, 5.41) is 10.5. The van der Waals surface area contributed by atoms with Crippen LogP contribution >= 0.6 is 0 Å². The largest absolute Gasteiger partial charge is 0.341 e. The van der Waals surface area contributed by atoms with E-state index in [4.69, 9.17) is 4.98 Å². The third-order valence-corrected chi connectivity index (χ3v) is 4.64. The summed E-state index contributed by atoms with van der Waals surface area (Å²) in [6.07, 6.45) is 5.73. The maximum absolute atomic E-state index is 4.72. The molecule has 0 amide bonds. The van der Waals surface area contributed by atoms with Crippen molar-refractivity contribution in [3.05, 3.63) is 11.8 Å². The lowest BCUT2D eigenvalue weighted by Gasteiger charge is -2.20. The summed E-state index contributed by atoms with van der Waals surface area (Å²) < 4.78 is 0. The molecule has 4 heterocycles. The Kier molecular flexibility index (Phi) is 4.18. The van der Waals surface area contributed by atoms with Crippen molar-refractivity contribution in [1.82, 2.24) is 25.1 Å². The van der Waals surface area contributed by atoms with E-state index in [1.807, 2.05) is 6.07 Å². The van der Waals surface area contributed by atoms with Crippen molar-refractivity contribution in [2.24, 2.45) is 0 Å². The van der Waals surface area contributed by atoms with Crippen LogP contribution in [0, 0.1) is 0 Å². The minimum absolute atomic E-state index is 0.572. The first kappa shape index (κ1) is 15.2. The number of nitrogens with one attached hydrogen (secondary N) is 2. The second-order valence-electron chi connectivity index (χ2n) is 6.40. The first-order valence-electron chi connectivity index (χ1n) is 8.89. The molecule has 2 aliphatic heterocycles. The first-order chi connectivity index (χ1) is 11.8. The summed E-state index contributed by atoms with van der Waals surface area (Å²) in [7, 11) is 0. The third kappa shape index (κ3) is 3.13. The van der Waals surface area contributed by atoms with Crippen molar-refractivity contribution < 1.29 is 0 Å². The molecule has 0 aliphatic carbocycles. The van der Waals surface area contributed by atoms with E-state index in [9.17, 15) is 0 Å². The average Bonchev–Trinajstić information content (AvgIpc) is 3.36. The van der Waals surface area contributed by atoms with Gasteiger partial charge in [-0.2, -0.15) is 20.1 Å². The second kappa shape index (κ2) is 6.62. The highest BCUT2D eigenvalue weighted by Gasteiger charge is 2.21. The van der Waals surface area contributed by atoms with Crippen LogP contribution in [0.3, 0.4) is 0 Å². The molecule has 0 spiro atoms. The van der Waals surface area contributed by atoms with Crippen LogP contribution in [0.2, 0.25) is 0 Å². The Morgan fingerprint density at radius 1 is 0.958 bits per heavy atom. The molecule has 2 aromatic heterocycles. The van der Waals surface area contributed by atoms with Gasteiger partial charge in [-0.3, -0.25) is 5.10 Å². The lowest BCUT2D eigenvalue weighted by molar-refractivity contribution is 0.841. The summed E-state index contributed by atoms with van der Waals surface area (Å²) in [6, 6.07) is 1.99. The van der Waals surface area contributed by atoms with Gasteiger partial charge in [0.1, 0.15) is 0 Å². The van der Waals surface area contributed by atoms with Gasteiger partial charge in [-0.25, -0.2) is 0 Å². The molecule has 2 fully saturated rings. The maximum Gasteiger partial charge on any atom is 0.235 e. The highest BCUT2D eigenvalue weighted by atomic mass is 15.4. The lowest BCUT2D eigenvalue weighted by atomic mass is 10.3. The number of nitrogens with zero attached hydrogens (tertiary/aromatic N) is 6. The molecule has 24 heavy (non-hydrogen) atoms. The molecule has 8 heteroatoms. The van der Waals surface area contributed by atoms with Crippen LogP contribution < -0.4 is 15.1 Å². The molecule has 8 nitrogen and oxygen atoms in total. The Morgan fingerprint density at radius 2 is 1.54 bits per heavy atom. The van der Waals surface area contributed by atoms with Gasteiger partial charge in [-0.05, 0) is 32.1 Å². The van der Waals surface area contributed by atoms with Crippen LogP contribution in [-0.4, -0.2) is 51.3 Å². The lowest BCUT2D eigenvalue weighted by Crippen LogP contribution is -2.25. The zero-order valence-corrected chi connectivity index (χ0v) is 14.1. The molecule has 2 aliphatic rings. The topological polar surface area (TPSA) is 85.9 Å². The van der Waals surface area contributed by atoms with Crippen LogP contribution in [0.4, 0.5) is 23.7 Å². The van der Waals surface area contributed by atoms with Crippen LogP contribution in [-0.2, 0) is 6.42 Å². The Morgan fingerprint density at radius 3 is 2.04 bits per heavy atom. The molecule has 2 N–H and O–H groups in total. The summed E-state index contributed by atoms with van der Waals surface area (Å²) in [5.41, 5.74) is 1.09. The molecular formula is C16H24N8. The van der Waals surface area contributed by atoms with Crippen molar-refractivity contribution in [1.29, 1.82) is 0 Å². The number of H-pyrrole nitrogens is 1. The van der Waals surface area contributed by atoms with Gasteiger partial charge in [-0.15, -0.1) is 0 Å². The van der Waals surface area contributed by atoms with E-state index in [1.165, 1.54) is 25.7 Å². The van der Waals surface area contributed by atoms with E-state index >= 15 is 0 Å². The van der Waals surface area contributed by atoms with Crippen molar-refractivity contribution >= 4 is 23.7 Å². The molecule has 2 saturated heterocycles. The molecule has 128 valence electrons. The minimum Gasteiger partial charge on any atom is -0.341 e. The number of aromatic nitrogens is 5. The van der Waals surface area contributed by atoms with E-state index in [0.717, 1.165) is 56.0 Å². The molecule has 0 aromatic carbocycles. The monoisotopic (exact) mass is 328 g/mol. The molecule has 4 rings (SSSR count). The molecule has 0 unspecified atom stereocenters. The van der Waals surface area contributed by atoms with Crippen molar-refractivity contribution in [2.45, 2.75) is 39.0 Å². The van der Waals surface area contributed by atoms with Crippen LogP contribution in [0.1, 0.15) is 38.3 Å². The number of rotatable bonds is 5. The molecule has 0 bridgehead atoms. The second-order valence-corrected chi connectivity index (χ2v) is 6.40. The van der Waals surface area contributed by atoms with E-state index in [0.29, 0.717) is 5.95 Å². The predicted octanol–water partition coefficient (Wildman–Crippen LogP) is 2.10. The molecule has 0 atom stereocenters. The quantitative estimate of drug-likeness (QED) is 0.869. The van der Waals surface area contributed by atoms with Gasteiger partial charge in [-0.1, -0.05) is 6.92 Å². The highest BCUT2D eigenvalue weighted by molar-refractivity contribution is 5.53. The highest BCUT2D eigenvalue weighted by Crippen LogP contribution is 2.24. The number of hydrogen-bond donors (Lipinski definition) is 2. The van der Waals surface area contributed by atoms with E-state index in [2.05, 4.69) is 42.2 Å². The fraction of sp³-hybridized carbons (Fsp3) is 0.625. The van der Waals surface area contributed by atoms with Crippen molar-refractivity contribution in [3.63, 3.8) is 0 Å². The van der Waals surface area contributed by atoms with Gasteiger partial charge in [0, 0.05) is 37.9 Å². The molecule has 2 aromatic rings. The Labute approximate surface area is 141 Å². The summed E-state index contributed by atoms with van der Waals surface area (Å²) in [5.74, 6) is 2.87. The fourth-order valence-corrected chi connectivity index (χ4v) is 3.25. The Balaban J connectivity index is 1.63. The van der Waals surface area contributed by atoms with Gasteiger partial charge in [0.25, 0.3) is 0 Å². The summed E-state index contributed by atoms with van der Waals surface area (Å²) in [4.78, 5) is 18.5. The fourth-order valence-electron chi connectivity index (χ4n) is 3.25. The van der Waals surface area contributed by atoms with Gasteiger partial charge >= 0.3 is 0 Å². The number of aromatic amines is 1. The SMILES string of the molecule is CCc1cc(Nc2nc(N3CCCC3)nc(N3CCCC3)n2)n[nH]1. The van der Waals surface area contributed by atoms with E-state index < -0.39 is 0 Å². The van der Waals surface area contributed by atoms with Gasteiger partial charge in [0.15, 0.2) is 5.82 Å². The maximum atomic E-state index is 4.72. The van der Waals surface area contributed by atoms with E-state index in [1.54, 1.807) is 0 Å². The standard InChI is InChI=1S/C16H24N8/c1-2-12-11-13(22-21-12)17-14-18-15(23-7-3-4-8-23)20-16(19-14)24-9-5-6-10-24/h11H,2-10H2,1H3,(H2,17,18,19,20,21,22). The van der Waals surface area contributed by atoms with E-state index in [-0.39, 0.29) is 0 Å². The number of aryl methyl sites for hydroxylation is 1. The number of hydrogen-bond acceptors (Lipinski definition) is 7. The molecular weight excluding hydrogens is 304 g/mol. The van der Waals surface area contributed by atoms with Crippen LogP contribution in [0.5, 0.6) is 0 Å². The first-order valence-corrected chi connectivity index (χ1v) is 8.89. The summed E-state index contributed by atoms with van der Waals surface area (Å²) >= 11 is 0. The Bertz CT molecular complexity index is 651. The minimum atomic E-state index is 0.572. The smallest absolute Gasteiger partial charge is 0.235 e. The van der Waals surface area contributed by atoms with Crippen molar-refractivity contribution in [3.8, 4) is 0 Å². The molecule has 0 saturated carbocycles. The third-order valence-electron chi connectivity index (χ3n) is 4.64.